The predicted octanol–water partition coefficient (Wildman–Crippen LogP) is 3.49. The van der Waals surface area contributed by atoms with Gasteiger partial charge in [0.25, 0.3) is 11.6 Å². The van der Waals surface area contributed by atoms with Gasteiger partial charge in [0.15, 0.2) is 0 Å². The molecule has 32 heavy (non-hydrogen) atoms. The first-order valence-corrected chi connectivity index (χ1v) is 10.8. The van der Waals surface area contributed by atoms with Gasteiger partial charge in [-0.05, 0) is 43.0 Å². The molecule has 1 aliphatic heterocycles. The van der Waals surface area contributed by atoms with E-state index in [1.807, 2.05) is 19.9 Å². The second-order valence-electron chi connectivity index (χ2n) is 8.37. The molecule has 2 aromatic rings. The number of amides is 2. The zero-order chi connectivity index (χ0) is 23.1. The number of benzene rings is 1. The van der Waals surface area contributed by atoms with E-state index in [0.717, 1.165) is 12.8 Å². The van der Waals surface area contributed by atoms with E-state index in [2.05, 4.69) is 0 Å². The summed E-state index contributed by atoms with van der Waals surface area (Å²) < 4.78 is 11.1. The zero-order valence-corrected chi connectivity index (χ0v) is 18.4. The first-order chi connectivity index (χ1) is 15.3. The van der Waals surface area contributed by atoms with Gasteiger partial charge < -0.3 is 19.0 Å². The lowest BCUT2D eigenvalue weighted by Crippen LogP contribution is -2.46. The lowest BCUT2D eigenvalue weighted by Gasteiger charge is -2.29. The molecule has 2 heterocycles. The normalized spacial score (nSPS) is 15.7. The number of furan rings is 1. The van der Waals surface area contributed by atoms with E-state index in [9.17, 15) is 19.7 Å². The van der Waals surface area contributed by atoms with E-state index in [1.54, 1.807) is 17.2 Å². The van der Waals surface area contributed by atoms with Crippen LogP contribution in [0.3, 0.4) is 0 Å². The van der Waals surface area contributed by atoms with Crippen molar-refractivity contribution in [2.24, 2.45) is 5.92 Å². The predicted molar refractivity (Wildman–Crippen MR) is 117 cm³/mol. The van der Waals surface area contributed by atoms with Gasteiger partial charge >= 0.3 is 0 Å². The molecule has 172 valence electrons. The van der Waals surface area contributed by atoms with Gasteiger partial charge in [0, 0.05) is 37.4 Å². The molecular formula is C23H29N3O6. The van der Waals surface area contributed by atoms with Gasteiger partial charge in [-0.3, -0.25) is 19.7 Å². The largest absolute Gasteiger partial charge is 0.467 e. The first-order valence-electron chi connectivity index (χ1n) is 10.8. The highest BCUT2D eigenvalue weighted by atomic mass is 16.6. The van der Waals surface area contributed by atoms with Crippen molar-refractivity contribution in [2.75, 3.05) is 26.2 Å². The van der Waals surface area contributed by atoms with E-state index in [-0.39, 0.29) is 36.1 Å². The minimum atomic E-state index is -0.513. The summed E-state index contributed by atoms with van der Waals surface area (Å²) in [6.45, 7) is 5.64. The summed E-state index contributed by atoms with van der Waals surface area (Å²) >= 11 is 0. The molecule has 9 nitrogen and oxygen atoms in total. The molecule has 0 bridgehead atoms. The smallest absolute Gasteiger partial charge is 0.269 e. The molecular weight excluding hydrogens is 414 g/mol. The van der Waals surface area contributed by atoms with Gasteiger partial charge in [-0.1, -0.05) is 13.8 Å². The van der Waals surface area contributed by atoms with Gasteiger partial charge in [0.1, 0.15) is 12.3 Å². The summed E-state index contributed by atoms with van der Waals surface area (Å²) in [7, 11) is 0. The van der Waals surface area contributed by atoms with Crippen molar-refractivity contribution in [2.45, 2.75) is 39.3 Å². The molecule has 1 aromatic carbocycles. The van der Waals surface area contributed by atoms with Crippen LogP contribution in [0.4, 0.5) is 5.69 Å². The van der Waals surface area contributed by atoms with E-state index in [1.165, 1.54) is 29.2 Å². The molecule has 1 atom stereocenters. The Labute approximate surface area is 187 Å². The summed E-state index contributed by atoms with van der Waals surface area (Å²) in [6, 6.07) is 9.01. The number of ether oxygens (including phenoxy) is 1. The van der Waals surface area contributed by atoms with Gasteiger partial charge in [0.05, 0.1) is 23.8 Å². The first kappa shape index (κ1) is 23.5. The van der Waals surface area contributed by atoms with Gasteiger partial charge in [0.2, 0.25) is 5.91 Å². The van der Waals surface area contributed by atoms with Crippen molar-refractivity contribution in [3.05, 3.63) is 64.1 Å². The average Bonchev–Trinajstić information content (AvgIpc) is 3.46. The van der Waals surface area contributed by atoms with Crippen LogP contribution in [0, 0.1) is 16.0 Å². The maximum Gasteiger partial charge on any atom is 0.269 e. The van der Waals surface area contributed by atoms with Crippen LogP contribution in [0.1, 0.15) is 42.8 Å². The molecule has 0 spiro atoms. The van der Waals surface area contributed by atoms with Gasteiger partial charge in [-0.15, -0.1) is 0 Å². The molecule has 0 aliphatic carbocycles. The molecule has 1 unspecified atom stereocenters. The van der Waals surface area contributed by atoms with E-state index < -0.39 is 4.92 Å². The Hall–Kier alpha value is -3.20. The Morgan fingerprint density at radius 3 is 2.50 bits per heavy atom. The summed E-state index contributed by atoms with van der Waals surface area (Å²) in [6.07, 6.45) is 3.39. The lowest BCUT2D eigenvalue weighted by atomic mass is 10.1. The van der Waals surface area contributed by atoms with Crippen molar-refractivity contribution in [1.82, 2.24) is 9.80 Å². The Kier molecular flexibility index (Phi) is 7.99. The highest BCUT2D eigenvalue weighted by molar-refractivity contribution is 5.96. The van der Waals surface area contributed by atoms with Crippen molar-refractivity contribution in [1.29, 1.82) is 0 Å². The number of carbonyl (C=O) groups is 2. The highest BCUT2D eigenvalue weighted by Gasteiger charge is 2.27. The number of rotatable bonds is 10. The summed E-state index contributed by atoms with van der Waals surface area (Å²) in [4.78, 5) is 40.0. The van der Waals surface area contributed by atoms with Crippen molar-refractivity contribution < 1.29 is 23.7 Å². The van der Waals surface area contributed by atoms with E-state index >= 15 is 0 Å². The number of nitrogens with zero attached hydrogens (tertiary/aromatic N) is 3. The standard InChI is InChI=1S/C23H29N3O6/c1-17(2)13-25(23(28)18-7-9-19(10-8-18)26(29)30)16-22(27)24(14-20-5-3-11-31-20)15-21-6-4-12-32-21/h3,5,7-11,17,21H,4,6,12-16H2,1-2H3. The van der Waals surface area contributed by atoms with Crippen molar-refractivity contribution in [3.63, 3.8) is 0 Å². The summed E-state index contributed by atoms with van der Waals surface area (Å²) in [5.41, 5.74) is 0.218. The van der Waals surface area contributed by atoms with Crippen molar-refractivity contribution in [3.8, 4) is 0 Å². The van der Waals surface area contributed by atoms with Crippen LogP contribution in [0.5, 0.6) is 0 Å². The quantitative estimate of drug-likeness (QED) is 0.411. The van der Waals surface area contributed by atoms with Crippen LogP contribution in [-0.2, 0) is 16.1 Å². The Bertz CT molecular complexity index is 904. The Morgan fingerprint density at radius 1 is 1.19 bits per heavy atom. The van der Waals surface area contributed by atoms with Crippen LogP contribution < -0.4 is 0 Å². The number of nitro benzene ring substituents is 1. The molecule has 0 saturated carbocycles. The minimum Gasteiger partial charge on any atom is -0.467 e. The molecule has 0 N–H and O–H groups in total. The average molecular weight is 444 g/mol. The maximum atomic E-state index is 13.3. The monoisotopic (exact) mass is 443 g/mol. The molecule has 1 saturated heterocycles. The fourth-order valence-electron chi connectivity index (χ4n) is 3.71. The molecule has 1 aliphatic rings. The van der Waals surface area contributed by atoms with E-state index in [4.69, 9.17) is 9.15 Å². The second kappa shape index (κ2) is 10.9. The van der Waals surface area contributed by atoms with Crippen LogP contribution in [0.25, 0.3) is 0 Å². The zero-order valence-electron chi connectivity index (χ0n) is 18.4. The van der Waals surface area contributed by atoms with Crippen LogP contribution >= 0.6 is 0 Å². The fourth-order valence-corrected chi connectivity index (χ4v) is 3.71. The van der Waals surface area contributed by atoms with Crippen LogP contribution in [-0.4, -0.2) is 58.9 Å². The highest BCUT2D eigenvalue weighted by Crippen LogP contribution is 2.18. The summed E-state index contributed by atoms with van der Waals surface area (Å²) in [5.74, 6) is 0.264. The Morgan fingerprint density at radius 2 is 1.94 bits per heavy atom. The third kappa shape index (κ3) is 6.40. The molecule has 2 amide bonds. The molecule has 1 aromatic heterocycles. The van der Waals surface area contributed by atoms with Crippen molar-refractivity contribution >= 4 is 17.5 Å². The van der Waals surface area contributed by atoms with Gasteiger partial charge in [-0.25, -0.2) is 0 Å². The third-order valence-electron chi connectivity index (χ3n) is 5.25. The third-order valence-corrected chi connectivity index (χ3v) is 5.25. The summed E-state index contributed by atoms with van der Waals surface area (Å²) in [5, 5.41) is 10.9. The lowest BCUT2D eigenvalue weighted by molar-refractivity contribution is -0.384. The number of carbonyl (C=O) groups excluding carboxylic acids is 2. The maximum absolute atomic E-state index is 13.3. The van der Waals surface area contributed by atoms with Gasteiger partial charge in [-0.2, -0.15) is 0 Å². The second-order valence-corrected chi connectivity index (χ2v) is 8.37. The SMILES string of the molecule is CC(C)CN(CC(=O)N(Cc1ccco1)CC1CCCO1)C(=O)c1ccc([N+](=O)[O-])cc1. The molecule has 0 radical (unpaired) electrons. The minimum absolute atomic E-state index is 0.0298. The number of hydrogen-bond acceptors (Lipinski definition) is 6. The van der Waals surface area contributed by atoms with Crippen LogP contribution in [0.2, 0.25) is 0 Å². The number of nitro groups is 1. The number of hydrogen-bond donors (Lipinski definition) is 0. The molecule has 9 heteroatoms. The Balaban J connectivity index is 1.75. The topological polar surface area (TPSA) is 106 Å². The number of non-ortho nitro benzene ring substituents is 1. The van der Waals surface area contributed by atoms with Crippen LogP contribution in [0.15, 0.2) is 47.1 Å². The fraction of sp³-hybridized carbons (Fsp3) is 0.478. The van der Waals surface area contributed by atoms with E-state index in [0.29, 0.717) is 37.6 Å². The molecule has 1 fully saturated rings. The molecule has 3 rings (SSSR count).